The molecule has 0 spiro atoms. The Bertz CT molecular complexity index is 377. The summed E-state index contributed by atoms with van der Waals surface area (Å²) in [5.74, 6) is -0.458. The van der Waals surface area contributed by atoms with E-state index in [2.05, 4.69) is 19.2 Å². The van der Waals surface area contributed by atoms with Gasteiger partial charge >= 0.3 is 0 Å². The first-order valence-corrected chi connectivity index (χ1v) is 5.50. The molecule has 0 aromatic heterocycles. The minimum Gasteiger partial charge on any atom is -0.397 e. The molecule has 4 heteroatoms. The van der Waals surface area contributed by atoms with Gasteiger partial charge in [0.2, 0.25) is 5.91 Å². The lowest BCUT2D eigenvalue weighted by Gasteiger charge is -2.16. The summed E-state index contributed by atoms with van der Waals surface area (Å²) in [6, 6.07) is 5.44. The molecule has 0 saturated heterocycles. The van der Waals surface area contributed by atoms with Gasteiger partial charge in [0, 0.05) is 11.6 Å². The van der Waals surface area contributed by atoms with E-state index in [0.29, 0.717) is 17.3 Å². The van der Waals surface area contributed by atoms with E-state index < -0.39 is 5.91 Å². The van der Waals surface area contributed by atoms with E-state index in [9.17, 15) is 4.79 Å². The Balaban J connectivity index is 2.79. The Morgan fingerprint density at radius 3 is 2.69 bits per heavy atom. The van der Waals surface area contributed by atoms with Crippen LogP contribution in [0.25, 0.3) is 0 Å². The molecule has 16 heavy (non-hydrogen) atoms. The van der Waals surface area contributed by atoms with Crippen LogP contribution < -0.4 is 16.8 Å². The number of amides is 1. The molecule has 0 saturated carbocycles. The third-order valence-electron chi connectivity index (χ3n) is 2.46. The first kappa shape index (κ1) is 12.4. The number of carbonyl (C=O) groups excluding carboxylic acids is 1. The zero-order valence-electron chi connectivity index (χ0n) is 9.79. The summed E-state index contributed by atoms with van der Waals surface area (Å²) < 4.78 is 0. The van der Waals surface area contributed by atoms with E-state index in [4.69, 9.17) is 11.5 Å². The predicted octanol–water partition coefficient (Wildman–Crippen LogP) is 1.97. The summed E-state index contributed by atoms with van der Waals surface area (Å²) in [4.78, 5) is 10.9. The minimum atomic E-state index is -0.458. The fraction of sp³-hybridized carbons (Fsp3) is 0.417. The van der Waals surface area contributed by atoms with Crippen LogP contribution in [0.3, 0.4) is 0 Å². The van der Waals surface area contributed by atoms with Crippen molar-refractivity contribution >= 4 is 17.3 Å². The van der Waals surface area contributed by atoms with Crippen molar-refractivity contribution in [1.29, 1.82) is 0 Å². The van der Waals surface area contributed by atoms with E-state index in [1.54, 1.807) is 18.2 Å². The van der Waals surface area contributed by atoms with Crippen molar-refractivity contribution < 1.29 is 4.79 Å². The lowest BCUT2D eigenvalue weighted by Crippen LogP contribution is -2.16. The standard InChI is InChI=1S/C12H19N3O/c1-3-4-8(2)15-11-6-5-9(12(14)16)7-10(11)13/h5-8,15H,3-4,13H2,1-2H3,(H2,14,16)/t8-/m1/s1. The maximum atomic E-state index is 10.9. The SMILES string of the molecule is CCC[C@@H](C)Nc1ccc(C(N)=O)cc1N. The van der Waals surface area contributed by atoms with Crippen molar-refractivity contribution in [2.24, 2.45) is 5.73 Å². The van der Waals surface area contributed by atoms with E-state index in [0.717, 1.165) is 18.5 Å². The zero-order chi connectivity index (χ0) is 12.1. The predicted molar refractivity (Wildman–Crippen MR) is 67.4 cm³/mol. The van der Waals surface area contributed by atoms with E-state index >= 15 is 0 Å². The fourth-order valence-corrected chi connectivity index (χ4v) is 1.62. The maximum absolute atomic E-state index is 10.9. The first-order chi connectivity index (χ1) is 7.54. The number of rotatable bonds is 5. The topological polar surface area (TPSA) is 81.1 Å². The second-order valence-corrected chi connectivity index (χ2v) is 4.00. The van der Waals surface area contributed by atoms with Crippen molar-refractivity contribution in [3.05, 3.63) is 23.8 Å². The molecule has 1 rings (SSSR count). The molecule has 0 heterocycles. The number of nitrogens with two attached hydrogens (primary N) is 2. The summed E-state index contributed by atoms with van der Waals surface area (Å²) in [7, 11) is 0. The molecule has 1 amide bonds. The highest BCUT2D eigenvalue weighted by Gasteiger charge is 2.06. The van der Waals surface area contributed by atoms with Crippen LogP contribution in [0.4, 0.5) is 11.4 Å². The van der Waals surface area contributed by atoms with Gasteiger partial charge in [0.1, 0.15) is 0 Å². The first-order valence-electron chi connectivity index (χ1n) is 5.50. The molecule has 0 unspecified atom stereocenters. The Hall–Kier alpha value is -1.71. The molecule has 0 aliphatic heterocycles. The molecule has 1 atom stereocenters. The Morgan fingerprint density at radius 2 is 2.19 bits per heavy atom. The molecule has 0 fully saturated rings. The van der Waals surface area contributed by atoms with Gasteiger partial charge in [0.15, 0.2) is 0 Å². The van der Waals surface area contributed by atoms with E-state index in [1.807, 2.05) is 0 Å². The van der Waals surface area contributed by atoms with Gasteiger partial charge in [-0.05, 0) is 31.5 Å². The number of primary amides is 1. The Morgan fingerprint density at radius 1 is 1.50 bits per heavy atom. The third-order valence-corrected chi connectivity index (χ3v) is 2.46. The van der Waals surface area contributed by atoms with Crippen LogP contribution in [0, 0.1) is 0 Å². The molecule has 1 aromatic rings. The normalized spacial score (nSPS) is 12.1. The molecule has 88 valence electrons. The Kier molecular flexibility index (Phi) is 4.17. The Labute approximate surface area is 96.0 Å². The van der Waals surface area contributed by atoms with Crippen LogP contribution in [0.5, 0.6) is 0 Å². The summed E-state index contributed by atoms with van der Waals surface area (Å²) in [6.07, 6.45) is 2.20. The van der Waals surface area contributed by atoms with Gasteiger partial charge in [0.25, 0.3) is 0 Å². The number of carbonyl (C=O) groups is 1. The van der Waals surface area contributed by atoms with Gasteiger partial charge in [-0.15, -0.1) is 0 Å². The molecule has 4 nitrogen and oxygen atoms in total. The summed E-state index contributed by atoms with van der Waals surface area (Å²) >= 11 is 0. The number of benzene rings is 1. The molecule has 5 N–H and O–H groups in total. The highest BCUT2D eigenvalue weighted by Crippen LogP contribution is 2.21. The highest BCUT2D eigenvalue weighted by atomic mass is 16.1. The van der Waals surface area contributed by atoms with Crippen molar-refractivity contribution in [1.82, 2.24) is 0 Å². The summed E-state index contributed by atoms with van der Waals surface area (Å²) in [5.41, 5.74) is 12.8. The van der Waals surface area contributed by atoms with Crippen molar-refractivity contribution in [2.45, 2.75) is 32.7 Å². The molecular weight excluding hydrogens is 202 g/mol. The molecule has 1 aromatic carbocycles. The second-order valence-electron chi connectivity index (χ2n) is 4.00. The molecule has 0 bridgehead atoms. The summed E-state index contributed by atoms with van der Waals surface area (Å²) in [5, 5.41) is 3.30. The number of nitrogens with one attached hydrogen (secondary N) is 1. The van der Waals surface area contributed by atoms with E-state index in [1.165, 1.54) is 0 Å². The summed E-state index contributed by atoms with van der Waals surface area (Å²) in [6.45, 7) is 4.24. The van der Waals surface area contributed by atoms with Gasteiger partial charge in [-0.1, -0.05) is 13.3 Å². The van der Waals surface area contributed by atoms with Gasteiger partial charge < -0.3 is 16.8 Å². The molecule has 0 radical (unpaired) electrons. The average molecular weight is 221 g/mol. The number of hydrogen-bond donors (Lipinski definition) is 3. The number of nitrogen functional groups attached to an aromatic ring is 1. The fourth-order valence-electron chi connectivity index (χ4n) is 1.62. The van der Waals surface area contributed by atoms with Gasteiger partial charge in [-0.3, -0.25) is 4.79 Å². The quantitative estimate of drug-likeness (QED) is 0.665. The van der Waals surface area contributed by atoms with Crippen LogP contribution in [-0.4, -0.2) is 11.9 Å². The third kappa shape index (κ3) is 3.15. The number of anilines is 2. The van der Waals surface area contributed by atoms with Crippen molar-refractivity contribution in [3.8, 4) is 0 Å². The monoisotopic (exact) mass is 221 g/mol. The van der Waals surface area contributed by atoms with E-state index in [-0.39, 0.29) is 0 Å². The number of hydrogen-bond acceptors (Lipinski definition) is 3. The van der Waals surface area contributed by atoms with Crippen LogP contribution in [-0.2, 0) is 0 Å². The van der Waals surface area contributed by atoms with Crippen LogP contribution in [0.1, 0.15) is 37.0 Å². The van der Waals surface area contributed by atoms with Gasteiger partial charge in [0.05, 0.1) is 11.4 Å². The van der Waals surface area contributed by atoms with Crippen molar-refractivity contribution in [2.75, 3.05) is 11.1 Å². The van der Waals surface area contributed by atoms with Gasteiger partial charge in [-0.2, -0.15) is 0 Å². The maximum Gasteiger partial charge on any atom is 0.248 e. The molecule has 0 aliphatic rings. The van der Waals surface area contributed by atoms with Gasteiger partial charge in [-0.25, -0.2) is 0 Å². The van der Waals surface area contributed by atoms with Crippen LogP contribution in [0.15, 0.2) is 18.2 Å². The zero-order valence-corrected chi connectivity index (χ0v) is 9.79. The molecular formula is C12H19N3O. The smallest absolute Gasteiger partial charge is 0.248 e. The highest BCUT2D eigenvalue weighted by molar-refractivity contribution is 5.94. The lowest BCUT2D eigenvalue weighted by molar-refractivity contribution is 0.100. The minimum absolute atomic E-state index is 0.367. The van der Waals surface area contributed by atoms with Crippen molar-refractivity contribution in [3.63, 3.8) is 0 Å². The second kappa shape index (κ2) is 5.39. The lowest BCUT2D eigenvalue weighted by atomic mass is 10.1. The largest absolute Gasteiger partial charge is 0.397 e. The molecule has 0 aliphatic carbocycles. The van der Waals surface area contributed by atoms with Crippen LogP contribution in [0.2, 0.25) is 0 Å². The average Bonchev–Trinajstić information content (AvgIpc) is 2.21. The van der Waals surface area contributed by atoms with Crippen LogP contribution >= 0.6 is 0 Å².